The first-order chi connectivity index (χ1) is 9.49. The van der Waals surface area contributed by atoms with E-state index in [1.54, 1.807) is 7.11 Å². The number of methoxy groups -OCH3 is 1. The lowest BCUT2D eigenvalue weighted by atomic mass is 9.72. The molecule has 1 aromatic rings. The van der Waals surface area contributed by atoms with Crippen LogP contribution in [0.15, 0.2) is 18.2 Å². The van der Waals surface area contributed by atoms with Crippen LogP contribution in [0.4, 0.5) is 0 Å². The second kappa shape index (κ2) is 6.17. The highest BCUT2D eigenvalue weighted by Crippen LogP contribution is 2.48. The molecule has 0 heterocycles. The number of ether oxygens (including phenoxy) is 1. The Balaban J connectivity index is 2.43. The largest absolute Gasteiger partial charge is 0.496 e. The molecular formula is C18H29NO. The van der Waals surface area contributed by atoms with E-state index in [1.807, 2.05) is 0 Å². The molecule has 2 atom stereocenters. The number of benzene rings is 1. The van der Waals surface area contributed by atoms with Gasteiger partial charge in [0.2, 0.25) is 0 Å². The number of hydrogen-bond donors (Lipinski definition) is 1. The molecule has 1 aromatic carbocycles. The Morgan fingerprint density at radius 2 is 2.15 bits per heavy atom. The van der Waals surface area contributed by atoms with Crippen molar-refractivity contribution in [3.8, 4) is 5.75 Å². The van der Waals surface area contributed by atoms with Gasteiger partial charge in [0.15, 0.2) is 0 Å². The maximum absolute atomic E-state index is 5.67. The molecular weight excluding hydrogens is 246 g/mol. The van der Waals surface area contributed by atoms with Crippen LogP contribution in [0.1, 0.15) is 51.2 Å². The molecule has 2 rings (SSSR count). The molecule has 2 heteroatoms. The number of hydrogen-bond acceptors (Lipinski definition) is 2. The summed E-state index contributed by atoms with van der Waals surface area (Å²) in [5.41, 5.74) is 2.95. The highest BCUT2D eigenvalue weighted by molar-refractivity contribution is 5.44. The van der Waals surface area contributed by atoms with Gasteiger partial charge in [0, 0.05) is 23.6 Å². The Morgan fingerprint density at radius 1 is 1.40 bits per heavy atom. The zero-order chi connectivity index (χ0) is 14.8. The van der Waals surface area contributed by atoms with E-state index in [0.717, 1.165) is 12.3 Å². The third-order valence-electron chi connectivity index (χ3n) is 4.92. The van der Waals surface area contributed by atoms with Gasteiger partial charge in [-0.3, -0.25) is 0 Å². The Labute approximate surface area is 123 Å². The van der Waals surface area contributed by atoms with Gasteiger partial charge in [0.05, 0.1) is 7.11 Å². The van der Waals surface area contributed by atoms with Crippen LogP contribution in [0.2, 0.25) is 0 Å². The average molecular weight is 275 g/mol. The SMILES string of the molecule is COc1ccc(C)cc1C1(CNC(C)C)CCCC1C. The summed E-state index contributed by atoms with van der Waals surface area (Å²) in [4.78, 5) is 0. The molecule has 0 saturated heterocycles. The molecule has 112 valence electrons. The van der Waals surface area contributed by atoms with E-state index in [2.05, 4.69) is 51.2 Å². The minimum atomic E-state index is 0.224. The summed E-state index contributed by atoms with van der Waals surface area (Å²) in [7, 11) is 1.79. The molecule has 0 radical (unpaired) electrons. The van der Waals surface area contributed by atoms with E-state index >= 15 is 0 Å². The molecule has 0 amide bonds. The minimum Gasteiger partial charge on any atom is -0.496 e. The molecule has 0 bridgehead atoms. The van der Waals surface area contributed by atoms with E-state index in [-0.39, 0.29) is 5.41 Å². The first-order valence-corrected chi connectivity index (χ1v) is 7.88. The molecule has 1 saturated carbocycles. The normalized spacial score (nSPS) is 26.2. The van der Waals surface area contributed by atoms with Crippen molar-refractivity contribution in [3.05, 3.63) is 29.3 Å². The van der Waals surface area contributed by atoms with Crippen molar-refractivity contribution in [2.75, 3.05) is 13.7 Å². The summed E-state index contributed by atoms with van der Waals surface area (Å²) in [6.45, 7) is 10.1. The van der Waals surface area contributed by atoms with Crippen LogP contribution >= 0.6 is 0 Å². The third-order valence-corrected chi connectivity index (χ3v) is 4.92. The first-order valence-electron chi connectivity index (χ1n) is 7.88. The number of aryl methyl sites for hydroxylation is 1. The molecule has 0 spiro atoms. The molecule has 1 fully saturated rings. The van der Waals surface area contributed by atoms with Crippen LogP contribution in [-0.4, -0.2) is 19.7 Å². The van der Waals surface area contributed by atoms with Crippen LogP contribution in [-0.2, 0) is 5.41 Å². The summed E-state index contributed by atoms with van der Waals surface area (Å²) in [6.07, 6.45) is 3.89. The maximum atomic E-state index is 5.67. The van der Waals surface area contributed by atoms with Crippen molar-refractivity contribution in [2.45, 2.75) is 58.4 Å². The van der Waals surface area contributed by atoms with Crippen molar-refractivity contribution in [1.29, 1.82) is 0 Å². The van der Waals surface area contributed by atoms with E-state index < -0.39 is 0 Å². The minimum absolute atomic E-state index is 0.224. The van der Waals surface area contributed by atoms with Crippen molar-refractivity contribution < 1.29 is 4.74 Å². The van der Waals surface area contributed by atoms with Gasteiger partial charge >= 0.3 is 0 Å². The monoisotopic (exact) mass is 275 g/mol. The fourth-order valence-electron chi connectivity index (χ4n) is 3.60. The Morgan fingerprint density at radius 3 is 2.70 bits per heavy atom. The Hall–Kier alpha value is -1.02. The third kappa shape index (κ3) is 2.85. The van der Waals surface area contributed by atoms with Crippen LogP contribution in [0, 0.1) is 12.8 Å². The number of rotatable bonds is 5. The van der Waals surface area contributed by atoms with Crippen molar-refractivity contribution >= 4 is 0 Å². The maximum Gasteiger partial charge on any atom is 0.122 e. The summed E-state index contributed by atoms with van der Waals surface area (Å²) >= 11 is 0. The second-order valence-electron chi connectivity index (χ2n) is 6.69. The predicted octanol–water partition coefficient (Wildman–Crippen LogP) is 4.06. The lowest BCUT2D eigenvalue weighted by Gasteiger charge is -2.37. The summed E-state index contributed by atoms with van der Waals surface area (Å²) in [5.74, 6) is 1.75. The van der Waals surface area contributed by atoms with Gasteiger partial charge < -0.3 is 10.1 Å². The second-order valence-corrected chi connectivity index (χ2v) is 6.69. The van der Waals surface area contributed by atoms with Gasteiger partial charge in [0.25, 0.3) is 0 Å². The molecule has 1 aliphatic rings. The van der Waals surface area contributed by atoms with E-state index in [4.69, 9.17) is 4.74 Å². The highest BCUT2D eigenvalue weighted by Gasteiger charge is 2.43. The summed E-state index contributed by atoms with van der Waals surface area (Å²) in [6, 6.07) is 7.14. The smallest absolute Gasteiger partial charge is 0.122 e. The summed E-state index contributed by atoms with van der Waals surface area (Å²) < 4.78 is 5.67. The fourth-order valence-corrected chi connectivity index (χ4v) is 3.60. The fraction of sp³-hybridized carbons (Fsp3) is 0.667. The molecule has 2 unspecified atom stereocenters. The van der Waals surface area contributed by atoms with Crippen molar-refractivity contribution in [3.63, 3.8) is 0 Å². The summed E-state index contributed by atoms with van der Waals surface area (Å²) in [5, 5.41) is 3.67. The first kappa shape index (κ1) is 15.4. The van der Waals surface area contributed by atoms with Gasteiger partial charge in [-0.25, -0.2) is 0 Å². The Bertz CT molecular complexity index is 455. The topological polar surface area (TPSA) is 21.3 Å². The molecule has 0 aromatic heterocycles. The van der Waals surface area contributed by atoms with Crippen LogP contribution < -0.4 is 10.1 Å². The van der Waals surface area contributed by atoms with Gasteiger partial charge in [-0.15, -0.1) is 0 Å². The number of nitrogens with one attached hydrogen (secondary N) is 1. The van der Waals surface area contributed by atoms with Crippen molar-refractivity contribution in [2.24, 2.45) is 5.92 Å². The van der Waals surface area contributed by atoms with Crippen molar-refractivity contribution in [1.82, 2.24) is 5.32 Å². The zero-order valence-electron chi connectivity index (χ0n) is 13.6. The van der Waals surface area contributed by atoms with Crippen LogP contribution in [0.3, 0.4) is 0 Å². The van der Waals surface area contributed by atoms with E-state index in [0.29, 0.717) is 12.0 Å². The average Bonchev–Trinajstić information content (AvgIpc) is 2.78. The van der Waals surface area contributed by atoms with E-state index in [9.17, 15) is 0 Å². The van der Waals surface area contributed by atoms with Gasteiger partial charge in [0.1, 0.15) is 5.75 Å². The van der Waals surface area contributed by atoms with E-state index in [1.165, 1.54) is 30.4 Å². The molecule has 2 nitrogen and oxygen atoms in total. The quantitative estimate of drug-likeness (QED) is 0.875. The van der Waals surface area contributed by atoms with Gasteiger partial charge in [-0.2, -0.15) is 0 Å². The van der Waals surface area contributed by atoms with Gasteiger partial charge in [-0.05, 0) is 31.7 Å². The lowest BCUT2D eigenvalue weighted by molar-refractivity contribution is 0.293. The molecule has 20 heavy (non-hydrogen) atoms. The lowest BCUT2D eigenvalue weighted by Crippen LogP contribution is -2.43. The molecule has 1 aliphatic carbocycles. The molecule has 1 N–H and O–H groups in total. The molecule has 0 aliphatic heterocycles. The Kier molecular flexibility index (Phi) is 4.74. The standard InChI is InChI=1S/C18H29NO/c1-13(2)19-12-18(10-6-7-15(18)4)16-11-14(3)8-9-17(16)20-5/h8-9,11,13,15,19H,6-7,10,12H2,1-5H3. The van der Waals surface area contributed by atoms with Crippen LogP contribution in [0.5, 0.6) is 5.75 Å². The van der Waals surface area contributed by atoms with Gasteiger partial charge in [-0.1, -0.05) is 44.9 Å². The van der Waals surface area contributed by atoms with Crippen LogP contribution in [0.25, 0.3) is 0 Å². The highest BCUT2D eigenvalue weighted by atomic mass is 16.5. The predicted molar refractivity (Wildman–Crippen MR) is 85.6 cm³/mol. The zero-order valence-corrected chi connectivity index (χ0v) is 13.6.